The van der Waals surface area contributed by atoms with Gasteiger partial charge in [-0.3, -0.25) is 9.59 Å². The quantitative estimate of drug-likeness (QED) is 0.598. The van der Waals surface area contributed by atoms with Gasteiger partial charge in [-0.25, -0.2) is 4.79 Å². The first-order chi connectivity index (χ1) is 15.0. The first-order valence-electron chi connectivity index (χ1n) is 10.1. The number of carboxylic acids is 1. The number of amides is 2. The summed E-state index contributed by atoms with van der Waals surface area (Å²) in [5, 5.41) is 13.8. The summed E-state index contributed by atoms with van der Waals surface area (Å²) in [6.07, 6.45) is -0.298. The van der Waals surface area contributed by atoms with Crippen LogP contribution in [0.4, 0.5) is 4.79 Å². The fourth-order valence-electron chi connectivity index (χ4n) is 3.62. The lowest BCUT2D eigenvalue weighted by Gasteiger charge is -2.14. The molecule has 7 heteroatoms. The highest BCUT2D eigenvalue weighted by Crippen LogP contribution is 2.44. The van der Waals surface area contributed by atoms with Gasteiger partial charge in [-0.15, -0.1) is 0 Å². The van der Waals surface area contributed by atoms with Gasteiger partial charge in [-0.2, -0.15) is 0 Å². The molecule has 3 N–H and O–H groups in total. The zero-order chi connectivity index (χ0) is 22.2. The van der Waals surface area contributed by atoms with Gasteiger partial charge in [0.05, 0.1) is 13.0 Å². The average molecular weight is 420 g/mol. The molecule has 0 unspecified atom stereocenters. The summed E-state index contributed by atoms with van der Waals surface area (Å²) in [6, 6.07) is 15.7. The van der Waals surface area contributed by atoms with Gasteiger partial charge in [0.2, 0.25) is 0 Å². The molecular formula is C24H24N2O5. The Morgan fingerprint density at radius 3 is 2.26 bits per heavy atom. The summed E-state index contributed by atoms with van der Waals surface area (Å²) in [7, 11) is 0. The molecule has 1 aliphatic rings. The Hall–Kier alpha value is -3.79. The SMILES string of the molecule is CC[C@H](CC(=O)O)NC(=O)C#CCNC(=O)OCC1c2ccccc2-c2ccccc21. The van der Waals surface area contributed by atoms with Crippen LogP contribution in [0.3, 0.4) is 0 Å². The van der Waals surface area contributed by atoms with Crippen LogP contribution in [0.15, 0.2) is 48.5 Å². The Balaban J connectivity index is 1.48. The van der Waals surface area contributed by atoms with Gasteiger partial charge in [0.25, 0.3) is 5.91 Å². The summed E-state index contributed by atoms with van der Waals surface area (Å²) in [5.41, 5.74) is 4.55. The second-order valence-corrected chi connectivity index (χ2v) is 7.16. The number of hydrogen-bond acceptors (Lipinski definition) is 4. The van der Waals surface area contributed by atoms with Gasteiger partial charge < -0.3 is 20.5 Å². The molecule has 2 amide bonds. The number of nitrogens with one attached hydrogen (secondary N) is 2. The Labute approximate surface area is 180 Å². The van der Waals surface area contributed by atoms with Gasteiger partial charge in [-0.05, 0) is 34.6 Å². The van der Waals surface area contributed by atoms with E-state index in [0.29, 0.717) is 6.42 Å². The van der Waals surface area contributed by atoms with Crippen LogP contribution < -0.4 is 10.6 Å². The second kappa shape index (κ2) is 10.3. The Morgan fingerprint density at radius 1 is 1.06 bits per heavy atom. The van der Waals surface area contributed by atoms with Crippen molar-refractivity contribution < 1.29 is 24.2 Å². The summed E-state index contributed by atoms with van der Waals surface area (Å²) >= 11 is 0. The number of aliphatic carboxylic acids is 1. The Kier molecular flexibility index (Phi) is 7.28. The van der Waals surface area contributed by atoms with Crippen molar-refractivity contribution in [3.8, 4) is 23.0 Å². The number of benzene rings is 2. The fraction of sp³-hybridized carbons (Fsp3) is 0.292. The summed E-state index contributed by atoms with van der Waals surface area (Å²) < 4.78 is 5.39. The monoisotopic (exact) mass is 420 g/mol. The minimum absolute atomic E-state index is 0.0322. The molecule has 1 aliphatic carbocycles. The molecule has 0 bridgehead atoms. The average Bonchev–Trinajstić information content (AvgIpc) is 3.08. The maximum Gasteiger partial charge on any atom is 0.407 e. The Bertz CT molecular complexity index is 992. The first kappa shape index (κ1) is 21.9. The maximum atomic E-state index is 12.0. The molecule has 0 spiro atoms. The molecule has 2 aromatic rings. The molecule has 0 aromatic heterocycles. The third-order valence-corrected chi connectivity index (χ3v) is 5.12. The van der Waals surface area contributed by atoms with Crippen molar-refractivity contribution in [3.05, 3.63) is 59.7 Å². The second-order valence-electron chi connectivity index (χ2n) is 7.16. The smallest absolute Gasteiger partial charge is 0.407 e. The van der Waals surface area contributed by atoms with E-state index in [-0.39, 0.29) is 25.5 Å². The molecule has 0 saturated carbocycles. The minimum atomic E-state index is -0.989. The molecule has 3 rings (SSSR count). The zero-order valence-corrected chi connectivity index (χ0v) is 17.2. The van der Waals surface area contributed by atoms with E-state index in [2.05, 4.69) is 34.6 Å². The fourth-order valence-corrected chi connectivity index (χ4v) is 3.62. The lowest BCUT2D eigenvalue weighted by molar-refractivity contribution is -0.137. The highest BCUT2D eigenvalue weighted by Gasteiger charge is 2.28. The molecule has 7 nitrogen and oxygen atoms in total. The number of carbonyl (C=O) groups is 3. The van der Waals surface area contributed by atoms with Gasteiger partial charge in [0.1, 0.15) is 6.61 Å². The lowest BCUT2D eigenvalue weighted by Crippen LogP contribution is -2.35. The number of carbonyl (C=O) groups excluding carboxylic acids is 2. The van der Waals surface area contributed by atoms with Crippen molar-refractivity contribution in [3.63, 3.8) is 0 Å². The van der Waals surface area contributed by atoms with Gasteiger partial charge in [0, 0.05) is 12.0 Å². The van der Waals surface area contributed by atoms with Crippen molar-refractivity contribution in [1.82, 2.24) is 10.6 Å². The molecule has 0 heterocycles. The van der Waals surface area contributed by atoms with Crippen LogP contribution >= 0.6 is 0 Å². The van der Waals surface area contributed by atoms with Crippen molar-refractivity contribution >= 4 is 18.0 Å². The number of alkyl carbamates (subject to hydrolysis) is 1. The number of ether oxygens (including phenoxy) is 1. The molecule has 31 heavy (non-hydrogen) atoms. The number of rotatable bonds is 7. The number of fused-ring (bicyclic) bond motifs is 3. The molecule has 2 aromatic carbocycles. The van der Waals surface area contributed by atoms with Crippen LogP contribution in [-0.4, -0.2) is 42.3 Å². The summed E-state index contributed by atoms with van der Waals surface area (Å²) in [6.45, 7) is 1.92. The van der Waals surface area contributed by atoms with E-state index in [1.807, 2.05) is 36.4 Å². The van der Waals surface area contributed by atoms with E-state index in [0.717, 1.165) is 22.3 Å². The molecule has 0 radical (unpaired) electrons. The zero-order valence-electron chi connectivity index (χ0n) is 17.2. The van der Waals surface area contributed by atoms with E-state index in [4.69, 9.17) is 9.84 Å². The highest BCUT2D eigenvalue weighted by atomic mass is 16.5. The lowest BCUT2D eigenvalue weighted by atomic mass is 9.98. The minimum Gasteiger partial charge on any atom is -0.481 e. The molecule has 0 fully saturated rings. The van der Waals surface area contributed by atoms with Gasteiger partial charge in [-0.1, -0.05) is 61.4 Å². The van der Waals surface area contributed by atoms with Crippen molar-refractivity contribution in [1.29, 1.82) is 0 Å². The third kappa shape index (κ3) is 5.64. The largest absolute Gasteiger partial charge is 0.481 e. The summed E-state index contributed by atoms with van der Waals surface area (Å²) in [4.78, 5) is 34.5. The Morgan fingerprint density at radius 2 is 1.68 bits per heavy atom. The van der Waals surface area contributed by atoms with Crippen LogP contribution in [0.5, 0.6) is 0 Å². The molecule has 1 atom stereocenters. The van der Waals surface area contributed by atoms with E-state index < -0.39 is 24.0 Å². The van der Waals surface area contributed by atoms with Crippen LogP contribution in [0.2, 0.25) is 0 Å². The van der Waals surface area contributed by atoms with Crippen molar-refractivity contribution in [2.75, 3.05) is 13.2 Å². The third-order valence-electron chi connectivity index (χ3n) is 5.12. The molecule has 0 aliphatic heterocycles. The molecule has 0 saturated heterocycles. The topological polar surface area (TPSA) is 105 Å². The van der Waals surface area contributed by atoms with Crippen LogP contribution in [0.1, 0.15) is 36.8 Å². The standard InChI is InChI=1S/C24H24N2O5/c1-2-16(14-23(28)29)26-22(27)12-7-13-25-24(30)31-15-21-19-10-5-3-8-17(19)18-9-4-6-11-20(18)21/h3-6,8-11,16,21H,2,13-15H2,1H3,(H,25,30)(H,26,27)(H,28,29)/t16-/m1/s1. The number of carboxylic acid groups (broad SMARTS) is 1. The van der Waals surface area contributed by atoms with Crippen LogP contribution in [-0.2, 0) is 14.3 Å². The summed E-state index contributed by atoms with van der Waals surface area (Å²) in [5.74, 6) is 3.27. The molecular weight excluding hydrogens is 396 g/mol. The van der Waals surface area contributed by atoms with Crippen LogP contribution in [0, 0.1) is 11.8 Å². The number of hydrogen-bond donors (Lipinski definition) is 3. The van der Waals surface area contributed by atoms with E-state index >= 15 is 0 Å². The first-order valence-corrected chi connectivity index (χ1v) is 10.1. The van der Waals surface area contributed by atoms with Gasteiger partial charge >= 0.3 is 12.1 Å². The predicted octanol–water partition coefficient (Wildman–Crippen LogP) is 2.90. The van der Waals surface area contributed by atoms with Crippen molar-refractivity contribution in [2.24, 2.45) is 0 Å². The van der Waals surface area contributed by atoms with Gasteiger partial charge in [0.15, 0.2) is 0 Å². The van der Waals surface area contributed by atoms with E-state index in [1.165, 1.54) is 0 Å². The van der Waals surface area contributed by atoms with Crippen molar-refractivity contribution in [2.45, 2.75) is 31.7 Å². The predicted molar refractivity (Wildman–Crippen MR) is 115 cm³/mol. The van der Waals surface area contributed by atoms with E-state index in [9.17, 15) is 14.4 Å². The maximum absolute atomic E-state index is 12.0. The highest BCUT2D eigenvalue weighted by molar-refractivity contribution is 5.94. The molecule has 160 valence electrons. The normalized spacial score (nSPS) is 12.5. The van der Waals surface area contributed by atoms with Crippen LogP contribution in [0.25, 0.3) is 11.1 Å². The van der Waals surface area contributed by atoms with E-state index in [1.54, 1.807) is 6.92 Å².